The van der Waals surface area contributed by atoms with Gasteiger partial charge < -0.3 is 15.4 Å². The Morgan fingerprint density at radius 2 is 1.63 bits per heavy atom. The Morgan fingerprint density at radius 3 is 2.05 bits per heavy atom. The molecule has 0 rings (SSSR count). The molecule has 2 amide bonds. The van der Waals surface area contributed by atoms with Crippen molar-refractivity contribution in [1.29, 1.82) is 0 Å². The summed E-state index contributed by atoms with van der Waals surface area (Å²) in [4.78, 5) is 44.4. The fourth-order valence-electron chi connectivity index (χ4n) is 1.09. The molecule has 0 aromatic carbocycles. The van der Waals surface area contributed by atoms with Crippen LogP contribution < -0.4 is 10.6 Å². The van der Waals surface area contributed by atoms with E-state index < -0.39 is 29.3 Å². The van der Waals surface area contributed by atoms with Crippen molar-refractivity contribution in [2.75, 3.05) is 5.75 Å². The lowest BCUT2D eigenvalue weighted by Crippen LogP contribution is -2.43. The van der Waals surface area contributed by atoms with Gasteiger partial charge in [0.25, 0.3) is 0 Å². The highest BCUT2D eigenvalue weighted by Gasteiger charge is 2.23. The summed E-state index contributed by atoms with van der Waals surface area (Å²) in [5.41, 5.74) is 0. The topological polar surface area (TPSA) is 102 Å². The standard InChI is InChI=1S/C10H16N2O5S2/c1-5(13)11-7(4-18)10(16)17-9(15)3-8(19)12-6(2)14/h7-8,18-19H,3-4H2,1-2H3,(H,11,13)(H,12,14)/t7-,8?/m0/s1. The van der Waals surface area contributed by atoms with Gasteiger partial charge in [-0.15, -0.1) is 0 Å². The van der Waals surface area contributed by atoms with Crippen molar-refractivity contribution in [1.82, 2.24) is 10.6 Å². The minimum Gasteiger partial charge on any atom is -0.391 e. The number of carbonyl (C=O) groups is 4. The van der Waals surface area contributed by atoms with Crippen LogP contribution in [0.15, 0.2) is 0 Å². The lowest BCUT2D eigenvalue weighted by Gasteiger charge is -2.14. The fraction of sp³-hybridized carbons (Fsp3) is 0.600. The molecular weight excluding hydrogens is 292 g/mol. The number of hydrogen-bond donors (Lipinski definition) is 4. The van der Waals surface area contributed by atoms with Crippen molar-refractivity contribution in [3.05, 3.63) is 0 Å². The van der Waals surface area contributed by atoms with Gasteiger partial charge in [0.05, 0.1) is 11.8 Å². The smallest absolute Gasteiger partial charge is 0.337 e. The Balaban J connectivity index is 4.27. The van der Waals surface area contributed by atoms with Gasteiger partial charge >= 0.3 is 11.9 Å². The van der Waals surface area contributed by atoms with Gasteiger partial charge in [-0.3, -0.25) is 14.4 Å². The van der Waals surface area contributed by atoms with E-state index in [0.717, 1.165) is 0 Å². The molecule has 108 valence electrons. The Bertz CT molecular complexity index is 375. The minimum atomic E-state index is -0.996. The molecule has 9 heteroatoms. The van der Waals surface area contributed by atoms with E-state index in [9.17, 15) is 19.2 Å². The summed E-state index contributed by atoms with van der Waals surface area (Å²) in [6.45, 7) is 2.50. The van der Waals surface area contributed by atoms with Crippen molar-refractivity contribution >= 4 is 49.0 Å². The molecule has 0 aliphatic heterocycles. The molecule has 0 fully saturated rings. The first-order chi connectivity index (χ1) is 8.76. The zero-order valence-electron chi connectivity index (χ0n) is 10.5. The van der Waals surface area contributed by atoms with Crippen LogP contribution in [0.5, 0.6) is 0 Å². The van der Waals surface area contributed by atoms with Crippen LogP contribution in [-0.2, 0) is 23.9 Å². The second kappa shape index (κ2) is 8.81. The van der Waals surface area contributed by atoms with Crippen LogP contribution in [-0.4, -0.2) is 40.9 Å². The van der Waals surface area contributed by atoms with Crippen molar-refractivity contribution in [2.24, 2.45) is 0 Å². The van der Waals surface area contributed by atoms with E-state index >= 15 is 0 Å². The number of amides is 2. The summed E-state index contributed by atoms with van der Waals surface area (Å²) in [7, 11) is 0. The van der Waals surface area contributed by atoms with Crippen molar-refractivity contribution in [3.8, 4) is 0 Å². The highest BCUT2D eigenvalue weighted by Crippen LogP contribution is 2.01. The molecule has 0 bridgehead atoms. The second-order valence-electron chi connectivity index (χ2n) is 3.65. The van der Waals surface area contributed by atoms with Gasteiger partial charge in [0.2, 0.25) is 11.8 Å². The minimum absolute atomic E-state index is 0.00168. The first kappa shape index (κ1) is 17.8. The van der Waals surface area contributed by atoms with Gasteiger partial charge in [-0.1, -0.05) is 0 Å². The van der Waals surface area contributed by atoms with E-state index in [0.29, 0.717) is 0 Å². The van der Waals surface area contributed by atoms with E-state index in [4.69, 9.17) is 0 Å². The molecule has 2 N–H and O–H groups in total. The van der Waals surface area contributed by atoms with E-state index in [2.05, 4.69) is 40.6 Å². The molecule has 0 aliphatic carbocycles. The molecule has 1 unspecified atom stereocenters. The first-order valence-corrected chi connectivity index (χ1v) is 6.48. The van der Waals surface area contributed by atoms with E-state index in [1.165, 1.54) is 13.8 Å². The number of esters is 2. The number of carbonyl (C=O) groups excluding carboxylic acids is 4. The Labute approximate surface area is 121 Å². The fourth-order valence-corrected chi connectivity index (χ4v) is 1.66. The zero-order chi connectivity index (χ0) is 15.0. The molecule has 7 nitrogen and oxygen atoms in total. The number of thiol groups is 2. The van der Waals surface area contributed by atoms with Crippen LogP contribution in [0.1, 0.15) is 20.3 Å². The number of ether oxygens (including phenoxy) is 1. The molecular formula is C10H16N2O5S2. The summed E-state index contributed by atoms with van der Waals surface area (Å²) in [6, 6.07) is -0.996. The summed E-state index contributed by atoms with van der Waals surface area (Å²) in [6.07, 6.45) is -0.270. The number of nitrogens with one attached hydrogen (secondary N) is 2. The molecule has 0 aromatic rings. The van der Waals surface area contributed by atoms with Crippen LogP contribution >= 0.6 is 25.3 Å². The van der Waals surface area contributed by atoms with Crippen molar-refractivity contribution < 1.29 is 23.9 Å². The van der Waals surface area contributed by atoms with Gasteiger partial charge in [0.1, 0.15) is 6.04 Å². The third-order valence-electron chi connectivity index (χ3n) is 1.79. The Kier molecular flexibility index (Phi) is 8.24. The average molecular weight is 308 g/mol. The van der Waals surface area contributed by atoms with Crippen LogP contribution in [0.3, 0.4) is 0 Å². The average Bonchev–Trinajstić information content (AvgIpc) is 2.23. The van der Waals surface area contributed by atoms with E-state index in [1.807, 2.05) is 0 Å². The predicted octanol–water partition coefficient (Wildman–Crippen LogP) is -0.727. The van der Waals surface area contributed by atoms with Crippen LogP contribution in [0.4, 0.5) is 0 Å². The molecule has 0 aliphatic rings. The van der Waals surface area contributed by atoms with Gasteiger partial charge in [-0.05, 0) is 0 Å². The highest BCUT2D eigenvalue weighted by molar-refractivity contribution is 7.81. The molecule has 19 heavy (non-hydrogen) atoms. The lowest BCUT2D eigenvalue weighted by atomic mass is 10.3. The molecule has 0 aromatic heterocycles. The number of rotatable bonds is 6. The first-order valence-electron chi connectivity index (χ1n) is 5.34. The Morgan fingerprint density at radius 1 is 1.11 bits per heavy atom. The predicted molar refractivity (Wildman–Crippen MR) is 73.8 cm³/mol. The monoisotopic (exact) mass is 308 g/mol. The Hall–Kier alpha value is -1.22. The molecule has 2 atom stereocenters. The maximum atomic E-state index is 11.5. The summed E-state index contributed by atoms with van der Waals surface area (Å²) < 4.78 is 4.51. The third kappa shape index (κ3) is 8.49. The quantitative estimate of drug-likeness (QED) is 0.224. The van der Waals surface area contributed by atoms with Gasteiger partial charge in [-0.25, -0.2) is 4.79 Å². The number of hydrogen-bond acceptors (Lipinski definition) is 7. The summed E-state index contributed by atoms with van der Waals surface area (Å²) in [5, 5.41) is 3.90. The normalized spacial score (nSPS) is 13.1. The largest absolute Gasteiger partial charge is 0.391 e. The van der Waals surface area contributed by atoms with E-state index in [-0.39, 0.29) is 18.1 Å². The summed E-state index contributed by atoms with van der Waals surface area (Å²) >= 11 is 7.80. The lowest BCUT2D eigenvalue weighted by molar-refractivity contribution is -0.161. The SMILES string of the molecule is CC(=O)NC(S)CC(=O)OC(=O)[C@H](CS)NC(C)=O. The van der Waals surface area contributed by atoms with E-state index in [1.54, 1.807) is 0 Å². The van der Waals surface area contributed by atoms with Crippen molar-refractivity contribution in [2.45, 2.75) is 31.7 Å². The van der Waals surface area contributed by atoms with Gasteiger partial charge in [0.15, 0.2) is 0 Å². The molecule has 0 saturated heterocycles. The van der Waals surface area contributed by atoms with Crippen LogP contribution in [0.25, 0.3) is 0 Å². The van der Waals surface area contributed by atoms with Gasteiger partial charge in [0, 0.05) is 19.6 Å². The second-order valence-corrected chi connectivity index (χ2v) is 4.64. The maximum Gasteiger partial charge on any atom is 0.337 e. The van der Waals surface area contributed by atoms with Crippen molar-refractivity contribution in [3.63, 3.8) is 0 Å². The molecule has 0 spiro atoms. The molecule has 0 heterocycles. The van der Waals surface area contributed by atoms with Crippen LogP contribution in [0.2, 0.25) is 0 Å². The highest BCUT2D eigenvalue weighted by atomic mass is 32.1. The summed E-state index contributed by atoms with van der Waals surface area (Å²) in [5.74, 6) is -2.55. The molecule has 0 saturated carbocycles. The third-order valence-corrected chi connectivity index (χ3v) is 2.47. The van der Waals surface area contributed by atoms with Crippen LogP contribution in [0, 0.1) is 0 Å². The molecule has 0 radical (unpaired) electrons. The van der Waals surface area contributed by atoms with Gasteiger partial charge in [-0.2, -0.15) is 25.3 Å². The zero-order valence-corrected chi connectivity index (χ0v) is 12.3. The maximum absolute atomic E-state index is 11.5.